The Balaban J connectivity index is 0.00000133. The summed E-state index contributed by atoms with van der Waals surface area (Å²) >= 11 is 7.73. The second kappa shape index (κ2) is 5.84. The van der Waals surface area contributed by atoms with Crippen LogP contribution in [0.5, 0.6) is 0 Å². The van der Waals surface area contributed by atoms with E-state index in [1.54, 1.807) is 11.3 Å². The molecule has 1 aromatic heterocycles. The molecule has 0 radical (unpaired) electrons. The minimum Gasteiger partial charge on any atom is -0.323 e. The molecule has 0 bridgehead atoms. The lowest BCUT2D eigenvalue weighted by Crippen LogP contribution is -2.44. The highest BCUT2D eigenvalue weighted by Crippen LogP contribution is 2.51. The van der Waals surface area contributed by atoms with Gasteiger partial charge in [-0.15, -0.1) is 23.7 Å². The van der Waals surface area contributed by atoms with E-state index in [1.165, 1.54) is 29.7 Å². The van der Waals surface area contributed by atoms with Crippen LogP contribution in [0, 0.1) is 0 Å². The van der Waals surface area contributed by atoms with Crippen molar-refractivity contribution in [2.75, 3.05) is 0 Å². The average molecular weight is 314 g/mol. The van der Waals surface area contributed by atoms with Gasteiger partial charge in [0, 0.05) is 21.4 Å². The summed E-state index contributed by atoms with van der Waals surface area (Å²) in [4.78, 5) is 1.28. The van der Waals surface area contributed by atoms with Gasteiger partial charge in [0.1, 0.15) is 0 Å². The fourth-order valence-electron chi connectivity index (χ4n) is 2.86. The highest BCUT2D eigenvalue weighted by atomic mass is 35.5. The summed E-state index contributed by atoms with van der Waals surface area (Å²) in [6, 6.07) is 12.5. The van der Waals surface area contributed by atoms with Crippen molar-refractivity contribution in [2.45, 2.75) is 30.7 Å². The van der Waals surface area contributed by atoms with Crippen LogP contribution in [0.4, 0.5) is 0 Å². The minimum atomic E-state index is 0. The highest BCUT2D eigenvalue weighted by molar-refractivity contribution is 7.10. The molecule has 4 heteroatoms. The van der Waals surface area contributed by atoms with Gasteiger partial charge in [0.2, 0.25) is 0 Å². The van der Waals surface area contributed by atoms with Crippen molar-refractivity contribution < 1.29 is 0 Å². The van der Waals surface area contributed by atoms with Crippen LogP contribution in [0.15, 0.2) is 41.8 Å². The van der Waals surface area contributed by atoms with E-state index in [4.69, 9.17) is 17.3 Å². The fraction of sp³-hybridized carbons (Fsp3) is 0.333. The third kappa shape index (κ3) is 2.55. The topological polar surface area (TPSA) is 26.0 Å². The van der Waals surface area contributed by atoms with Gasteiger partial charge in [0.25, 0.3) is 0 Å². The molecule has 3 rings (SSSR count). The summed E-state index contributed by atoms with van der Waals surface area (Å²) < 4.78 is 0. The zero-order valence-corrected chi connectivity index (χ0v) is 12.9. The van der Waals surface area contributed by atoms with Gasteiger partial charge >= 0.3 is 0 Å². The largest absolute Gasteiger partial charge is 0.323 e. The van der Waals surface area contributed by atoms with Gasteiger partial charge in [-0.3, -0.25) is 0 Å². The molecule has 1 aliphatic rings. The first kappa shape index (κ1) is 14.9. The zero-order chi connectivity index (χ0) is 12.6. The smallest absolute Gasteiger partial charge is 0.0487 e. The van der Waals surface area contributed by atoms with Gasteiger partial charge in [0.15, 0.2) is 0 Å². The highest BCUT2D eigenvalue weighted by Gasteiger charge is 2.44. The van der Waals surface area contributed by atoms with Crippen molar-refractivity contribution in [3.8, 4) is 0 Å². The van der Waals surface area contributed by atoms with Crippen LogP contribution >= 0.6 is 35.3 Å². The maximum absolute atomic E-state index is 6.53. The summed E-state index contributed by atoms with van der Waals surface area (Å²) in [5.74, 6) is 0. The van der Waals surface area contributed by atoms with Crippen LogP contribution in [-0.2, 0) is 5.41 Å². The van der Waals surface area contributed by atoms with Crippen LogP contribution in [0.2, 0.25) is 5.02 Å². The predicted octanol–water partition coefficient (Wildman–Crippen LogP) is 4.95. The van der Waals surface area contributed by atoms with Gasteiger partial charge in [-0.1, -0.05) is 36.2 Å². The molecule has 0 saturated heterocycles. The average Bonchev–Trinajstić information content (AvgIpc) is 2.83. The molecule has 2 N–H and O–H groups in total. The quantitative estimate of drug-likeness (QED) is 0.852. The van der Waals surface area contributed by atoms with E-state index >= 15 is 0 Å². The Bertz CT molecular complexity index is 518. The second-order valence-electron chi connectivity index (χ2n) is 5.01. The molecule has 1 nitrogen and oxygen atoms in total. The van der Waals surface area contributed by atoms with E-state index in [0.29, 0.717) is 0 Å². The van der Waals surface area contributed by atoms with Crippen LogP contribution in [0.1, 0.15) is 35.7 Å². The van der Waals surface area contributed by atoms with Gasteiger partial charge in [-0.25, -0.2) is 0 Å². The number of thiophene rings is 1. The molecule has 19 heavy (non-hydrogen) atoms. The van der Waals surface area contributed by atoms with E-state index in [-0.39, 0.29) is 23.9 Å². The lowest BCUT2D eigenvalue weighted by atomic mass is 9.60. The molecule has 1 fully saturated rings. The molecule has 1 unspecified atom stereocenters. The minimum absolute atomic E-state index is 0. The van der Waals surface area contributed by atoms with Crippen molar-refractivity contribution in [2.24, 2.45) is 5.73 Å². The normalized spacial score (nSPS) is 18.2. The first-order valence-electron chi connectivity index (χ1n) is 6.27. The monoisotopic (exact) mass is 313 g/mol. The Hall–Kier alpha value is -0.540. The van der Waals surface area contributed by atoms with Crippen LogP contribution in [-0.4, -0.2) is 0 Å². The summed E-state index contributed by atoms with van der Waals surface area (Å²) in [5.41, 5.74) is 7.98. The van der Waals surface area contributed by atoms with Gasteiger partial charge < -0.3 is 5.73 Å². The van der Waals surface area contributed by atoms with E-state index < -0.39 is 0 Å². The number of halogens is 2. The number of hydrogen-bond acceptors (Lipinski definition) is 2. The number of rotatable bonds is 3. The maximum Gasteiger partial charge on any atom is 0.0487 e. The number of nitrogens with two attached hydrogens (primary N) is 1. The van der Waals surface area contributed by atoms with Crippen molar-refractivity contribution >= 4 is 35.3 Å². The molecular weight excluding hydrogens is 297 g/mol. The Morgan fingerprint density at radius 2 is 1.84 bits per heavy atom. The van der Waals surface area contributed by atoms with Crippen molar-refractivity contribution in [3.63, 3.8) is 0 Å². The van der Waals surface area contributed by atoms with Crippen LogP contribution < -0.4 is 5.73 Å². The Morgan fingerprint density at radius 3 is 2.32 bits per heavy atom. The summed E-state index contributed by atoms with van der Waals surface area (Å²) in [6.45, 7) is 0. The molecule has 1 heterocycles. The Morgan fingerprint density at radius 1 is 1.16 bits per heavy atom. The molecular formula is C15H17Cl2NS. The predicted molar refractivity (Wildman–Crippen MR) is 85.5 cm³/mol. The molecule has 1 atom stereocenters. The molecule has 102 valence electrons. The summed E-state index contributed by atoms with van der Waals surface area (Å²) in [5, 5.41) is 2.89. The molecule has 0 spiro atoms. The molecule has 0 aliphatic heterocycles. The van der Waals surface area contributed by atoms with Gasteiger partial charge in [0.05, 0.1) is 0 Å². The molecule has 1 saturated carbocycles. The summed E-state index contributed by atoms with van der Waals surface area (Å²) in [7, 11) is 0. The standard InChI is InChI=1S/C15H16ClNS.ClH/c16-12-6-4-11(5-7-12)15(8-2-9-15)14(17)13-3-1-10-18-13;/h1,3-7,10,14H,2,8-9,17H2;1H. The zero-order valence-electron chi connectivity index (χ0n) is 10.5. The SMILES string of the molecule is Cl.NC(c1cccs1)C1(c2ccc(Cl)cc2)CCC1. The van der Waals surface area contributed by atoms with Crippen molar-refractivity contribution in [1.82, 2.24) is 0 Å². The van der Waals surface area contributed by atoms with Gasteiger partial charge in [-0.2, -0.15) is 0 Å². The fourth-order valence-corrected chi connectivity index (χ4v) is 3.83. The number of benzene rings is 1. The molecule has 2 aromatic rings. The van der Waals surface area contributed by atoms with Crippen LogP contribution in [0.25, 0.3) is 0 Å². The van der Waals surface area contributed by atoms with Crippen molar-refractivity contribution in [3.05, 3.63) is 57.2 Å². The maximum atomic E-state index is 6.53. The third-order valence-corrected chi connectivity index (χ3v) is 5.32. The van der Waals surface area contributed by atoms with E-state index in [2.05, 4.69) is 29.6 Å². The van der Waals surface area contributed by atoms with Crippen molar-refractivity contribution in [1.29, 1.82) is 0 Å². The molecule has 1 aliphatic carbocycles. The number of hydrogen-bond donors (Lipinski definition) is 1. The summed E-state index contributed by atoms with van der Waals surface area (Å²) in [6.07, 6.45) is 3.61. The van der Waals surface area contributed by atoms with Crippen LogP contribution in [0.3, 0.4) is 0 Å². The van der Waals surface area contributed by atoms with Gasteiger partial charge in [-0.05, 0) is 42.0 Å². The third-order valence-electron chi connectivity index (χ3n) is 4.11. The lowest BCUT2D eigenvalue weighted by molar-refractivity contribution is 0.198. The molecule has 0 amide bonds. The molecule has 1 aromatic carbocycles. The van der Waals surface area contributed by atoms with E-state index in [1.807, 2.05) is 12.1 Å². The van der Waals surface area contributed by atoms with E-state index in [9.17, 15) is 0 Å². The lowest BCUT2D eigenvalue weighted by Gasteiger charge is -2.46. The van der Waals surface area contributed by atoms with E-state index in [0.717, 1.165) is 5.02 Å². The Kier molecular flexibility index (Phi) is 4.57. The second-order valence-corrected chi connectivity index (χ2v) is 6.43. The first-order chi connectivity index (χ1) is 8.72. The first-order valence-corrected chi connectivity index (χ1v) is 7.53. The Labute approximate surface area is 129 Å².